The molecule has 3 rings (SSSR count). The second-order valence-electron chi connectivity index (χ2n) is 6.62. The molecule has 0 spiro atoms. The molecule has 0 N–H and O–H groups in total. The third-order valence-corrected chi connectivity index (χ3v) is 5.94. The number of carbonyl (C=O) groups is 1. The van der Waals surface area contributed by atoms with Gasteiger partial charge in [0.05, 0.1) is 18.7 Å². The first-order chi connectivity index (χ1) is 15.1. The lowest BCUT2D eigenvalue weighted by Gasteiger charge is -2.11. The van der Waals surface area contributed by atoms with Crippen LogP contribution in [0.3, 0.4) is 0 Å². The van der Waals surface area contributed by atoms with Gasteiger partial charge in [0.15, 0.2) is 5.16 Å². The first-order valence-corrected chi connectivity index (χ1v) is 11.6. The maximum atomic E-state index is 11.3. The Morgan fingerprint density at radius 2 is 1.90 bits per heavy atom. The maximum Gasteiger partial charge on any atom is 0.305 e. The number of thioether (sulfide) groups is 1. The van der Waals surface area contributed by atoms with E-state index in [2.05, 4.69) is 14.8 Å². The van der Waals surface area contributed by atoms with Crippen LogP contribution in [0.5, 0.6) is 5.75 Å². The fraction of sp³-hybridized carbons (Fsp3) is 0.318. The van der Waals surface area contributed by atoms with Crippen molar-refractivity contribution in [1.29, 1.82) is 0 Å². The minimum atomic E-state index is -0.202. The molecule has 31 heavy (non-hydrogen) atoms. The molecule has 0 aliphatic heterocycles. The second-order valence-corrected chi connectivity index (χ2v) is 8.53. The predicted octanol–water partition coefficient (Wildman–Crippen LogP) is 5.63. The average Bonchev–Trinajstić information content (AvgIpc) is 3.18. The standard InChI is InChI=1S/C22H23Cl2N3O3S/c1-29-21(28)10-6-14-31-22-26-25-20(27(22)17-7-3-2-4-8-17)9-5-13-30-19-12-11-16(23)15-18(19)24/h2-4,7-8,11-12,15H,5-6,9-10,13-14H2,1H3. The summed E-state index contributed by atoms with van der Waals surface area (Å²) >= 11 is 13.7. The molecular formula is C22H23Cl2N3O3S. The lowest BCUT2D eigenvalue weighted by Crippen LogP contribution is -2.06. The minimum Gasteiger partial charge on any atom is -0.492 e. The summed E-state index contributed by atoms with van der Waals surface area (Å²) in [6.07, 6.45) is 2.54. The van der Waals surface area contributed by atoms with Crippen LogP contribution in [0.4, 0.5) is 0 Å². The summed E-state index contributed by atoms with van der Waals surface area (Å²) in [5, 5.41) is 10.6. The normalized spacial score (nSPS) is 10.8. The molecule has 1 aromatic heterocycles. The van der Waals surface area contributed by atoms with Crippen molar-refractivity contribution in [2.45, 2.75) is 30.8 Å². The molecule has 6 nitrogen and oxygen atoms in total. The summed E-state index contributed by atoms with van der Waals surface area (Å²) in [5.41, 5.74) is 1.000. The van der Waals surface area contributed by atoms with Crippen molar-refractivity contribution in [2.24, 2.45) is 0 Å². The summed E-state index contributed by atoms with van der Waals surface area (Å²) in [4.78, 5) is 11.3. The molecule has 1 heterocycles. The number of halogens is 2. The highest BCUT2D eigenvalue weighted by molar-refractivity contribution is 7.99. The van der Waals surface area contributed by atoms with Gasteiger partial charge in [0.1, 0.15) is 11.6 Å². The van der Waals surface area contributed by atoms with E-state index in [4.69, 9.17) is 32.7 Å². The van der Waals surface area contributed by atoms with E-state index in [9.17, 15) is 4.79 Å². The number of aryl methyl sites for hydroxylation is 1. The minimum absolute atomic E-state index is 0.202. The number of rotatable bonds is 11. The molecule has 0 fully saturated rings. The molecule has 0 aliphatic rings. The Hall–Kier alpha value is -2.22. The van der Waals surface area contributed by atoms with Crippen LogP contribution in [0, 0.1) is 0 Å². The number of esters is 1. The van der Waals surface area contributed by atoms with Crippen LogP contribution in [0.15, 0.2) is 53.7 Å². The van der Waals surface area contributed by atoms with Gasteiger partial charge < -0.3 is 9.47 Å². The molecule has 0 aliphatic carbocycles. The summed E-state index contributed by atoms with van der Waals surface area (Å²) < 4.78 is 12.5. The van der Waals surface area contributed by atoms with E-state index in [0.717, 1.165) is 28.8 Å². The number of benzene rings is 2. The third kappa shape index (κ3) is 6.89. The third-order valence-electron chi connectivity index (χ3n) is 4.40. The second kappa shape index (κ2) is 12.0. The first kappa shape index (κ1) is 23.4. The lowest BCUT2D eigenvalue weighted by atomic mass is 10.2. The van der Waals surface area contributed by atoms with E-state index >= 15 is 0 Å². The Morgan fingerprint density at radius 3 is 2.65 bits per heavy atom. The summed E-state index contributed by atoms with van der Waals surface area (Å²) in [6.45, 7) is 0.491. The van der Waals surface area contributed by atoms with Crippen LogP contribution in [0.25, 0.3) is 5.69 Å². The van der Waals surface area contributed by atoms with E-state index in [1.54, 1.807) is 30.0 Å². The lowest BCUT2D eigenvalue weighted by molar-refractivity contribution is -0.140. The van der Waals surface area contributed by atoms with Gasteiger partial charge in [-0.05, 0) is 43.2 Å². The van der Waals surface area contributed by atoms with Gasteiger partial charge >= 0.3 is 5.97 Å². The van der Waals surface area contributed by atoms with Gasteiger partial charge in [-0.1, -0.05) is 53.2 Å². The fourth-order valence-electron chi connectivity index (χ4n) is 2.88. The zero-order chi connectivity index (χ0) is 22.1. The first-order valence-electron chi connectivity index (χ1n) is 9.85. The highest BCUT2D eigenvalue weighted by Gasteiger charge is 2.15. The Kier molecular flexibility index (Phi) is 9.06. The molecule has 0 saturated carbocycles. The van der Waals surface area contributed by atoms with Crippen LogP contribution >= 0.6 is 35.0 Å². The Labute approximate surface area is 195 Å². The van der Waals surface area contributed by atoms with Gasteiger partial charge in [-0.15, -0.1) is 10.2 Å². The van der Waals surface area contributed by atoms with Crippen LogP contribution in [0.1, 0.15) is 25.1 Å². The fourth-order valence-corrected chi connectivity index (χ4v) is 4.25. The quantitative estimate of drug-likeness (QED) is 0.201. The Bertz CT molecular complexity index is 999. The average molecular weight is 480 g/mol. The molecule has 0 atom stereocenters. The van der Waals surface area contributed by atoms with Crippen LogP contribution in [0.2, 0.25) is 10.0 Å². The van der Waals surface area contributed by atoms with E-state index in [1.807, 2.05) is 30.3 Å². The number of methoxy groups -OCH3 is 1. The molecule has 164 valence electrons. The monoisotopic (exact) mass is 479 g/mol. The van der Waals surface area contributed by atoms with E-state index in [1.165, 1.54) is 7.11 Å². The number of nitrogens with zero attached hydrogens (tertiary/aromatic N) is 3. The van der Waals surface area contributed by atoms with Gasteiger partial charge in [0.2, 0.25) is 0 Å². The van der Waals surface area contributed by atoms with Gasteiger partial charge in [0, 0.05) is 29.3 Å². The van der Waals surface area contributed by atoms with Crippen LogP contribution in [-0.2, 0) is 16.0 Å². The van der Waals surface area contributed by atoms with Crippen molar-refractivity contribution in [2.75, 3.05) is 19.5 Å². The number of hydrogen-bond acceptors (Lipinski definition) is 6. The predicted molar refractivity (Wildman–Crippen MR) is 124 cm³/mol. The summed E-state index contributed by atoms with van der Waals surface area (Å²) in [5.74, 6) is 2.01. The molecule has 0 amide bonds. The smallest absolute Gasteiger partial charge is 0.305 e. The highest BCUT2D eigenvalue weighted by Crippen LogP contribution is 2.28. The van der Waals surface area contributed by atoms with E-state index in [0.29, 0.717) is 41.7 Å². The van der Waals surface area contributed by atoms with Crippen molar-refractivity contribution in [3.05, 3.63) is 64.4 Å². The molecule has 2 aromatic carbocycles. The highest BCUT2D eigenvalue weighted by atomic mass is 35.5. The molecule has 0 radical (unpaired) electrons. The molecule has 0 bridgehead atoms. The summed E-state index contributed by atoms with van der Waals surface area (Å²) in [6, 6.07) is 15.2. The maximum absolute atomic E-state index is 11.3. The van der Waals surface area contributed by atoms with Crippen molar-refractivity contribution in [3.63, 3.8) is 0 Å². The van der Waals surface area contributed by atoms with Gasteiger partial charge in [0.25, 0.3) is 0 Å². The molecule has 9 heteroatoms. The SMILES string of the molecule is COC(=O)CCCSc1nnc(CCCOc2ccc(Cl)cc2Cl)n1-c1ccccc1. The largest absolute Gasteiger partial charge is 0.492 e. The number of carbonyl (C=O) groups excluding carboxylic acids is 1. The molecule has 3 aromatic rings. The zero-order valence-corrected chi connectivity index (χ0v) is 19.4. The van der Waals surface area contributed by atoms with Gasteiger partial charge in [-0.2, -0.15) is 0 Å². The molecule has 0 saturated heterocycles. The van der Waals surface area contributed by atoms with E-state index < -0.39 is 0 Å². The molecule has 0 unspecified atom stereocenters. The van der Waals surface area contributed by atoms with Crippen molar-refractivity contribution < 1.29 is 14.3 Å². The Morgan fingerprint density at radius 1 is 1.10 bits per heavy atom. The van der Waals surface area contributed by atoms with Crippen molar-refractivity contribution in [3.8, 4) is 11.4 Å². The van der Waals surface area contributed by atoms with Crippen molar-refractivity contribution in [1.82, 2.24) is 14.8 Å². The summed E-state index contributed by atoms with van der Waals surface area (Å²) in [7, 11) is 1.40. The Balaban J connectivity index is 1.62. The number of ether oxygens (including phenoxy) is 2. The van der Waals surface area contributed by atoms with Crippen molar-refractivity contribution >= 4 is 40.9 Å². The van der Waals surface area contributed by atoms with E-state index in [-0.39, 0.29) is 5.97 Å². The van der Waals surface area contributed by atoms with Crippen LogP contribution in [-0.4, -0.2) is 40.2 Å². The van der Waals surface area contributed by atoms with Crippen LogP contribution < -0.4 is 4.74 Å². The number of para-hydroxylation sites is 1. The topological polar surface area (TPSA) is 66.2 Å². The van der Waals surface area contributed by atoms with Gasteiger partial charge in [-0.3, -0.25) is 9.36 Å². The zero-order valence-electron chi connectivity index (χ0n) is 17.1. The number of hydrogen-bond donors (Lipinski definition) is 0. The molecular weight excluding hydrogens is 457 g/mol. The van der Waals surface area contributed by atoms with Gasteiger partial charge in [-0.25, -0.2) is 0 Å². The number of aromatic nitrogens is 3.